The molecule has 0 unspecified atom stereocenters. The summed E-state index contributed by atoms with van der Waals surface area (Å²) in [5.41, 5.74) is 11.4. The minimum atomic E-state index is 0.277. The van der Waals surface area contributed by atoms with E-state index in [9.17, 15) is 0 Å². The highest BCUT2D eigenvalue weighted by atomic mass is 15.2. The summed E-state index contributed by atoms with van der Waals surface area (Å²) in [6.07, 6.45) is 36.8. The van der Waals surface area contributed by atoms with Gasteiger partial charge in [-0.15, -0.1) is 0 Å². The highest BCUT2D eigenvalue weighted by molar-refractivity contribution is 5.76. The van der Waals surface area contributed by atoms with Gasteiger partial charge in [-0.1, -0.05) is 111 Å². The van der Waals surface area contributed by atoms with Crippen LogP contribution in [0.1, 0.15) is 108 Å². The van der Waals surface area contributed by atoms with Gasteiger partial charge in [-0.3, -0.25) is 0 Å². The van der Waals surface area contributed by atoms with Crippen molar-refractivity contribution >= 4 is 12.4 Å². The third-order valence-corrected chi connectivity index (χ3v) is 8.42. The molecule has 226 valence electrons. The molecule has 0 N–H and O–H groups in total. The minimum absolute atomic E-state index is 0.277. The Hall–Kier alpha value is -3.26. The van der Waals surface area contributed by atoms with Gasteiger partial charge in [0.25, 0.3) is 0 Å². The van der Waals surface area contributed by atoms with E-state index in [0.29, 0.717) is 0 Å². The monoisotopic (exact) mass is 564 g/mol. The van der Waals surface area contributed by atoms with Crippen molar-refractivity contribution in [2.24, 2.45) is 21.0 Å². The molecular weight excluding hydrogens is 508 g/mol. The molecule has 2 aliphatic carbocycles. The number of allylic oxidation sites excluding steroid dienone is 20. The largest absolute Gasteiger partial charge is 0.159 e. The number of hydrogen-bond donors (Lipinski definition) is 0. The van der Waals surface area contributed by atoms with Crippen LogP contribution in [0.2, 0.25) is 0 Å². The quantitative estimate of drug-likeness (QED) is 0.135. The van der Waals surface area contributed by atoms with Crippen molar-refractivity contribution in [3.63, 3.8) is 0 Å². The molecule has 0 aliphatic heterocycles. The van der Waals surface area contributed by atoms with E-state index in [0.717, 1.165) is 11.1 Å². The molecule has 42 heavy (non-hydrogen) atoms. The zero-order chi connectivity index (χ0) is 31.2. The summed E-state index contributed by atoms with van der Waals surface area (Å²) in [6.45, 7) is 22.4. The first-order valence-electron chi connectivity index (χ1n) is 15.7. The van der Waals surface area contributed by atoms with Crippen LogP contribution in [-0.4, -0.2) is 12.4 Å². The normalized spacial score (nSPS) is 21.7. The topological polar surface area (TPSA) is 24.7 Å². The van der Waals surface area contributed by atoms with Crippen LogP contribution < -0.4 is 0 Å². The zero-order valence-corrected chi connectivity index (χ0v) is 28.2. The Kier molecular flexibility index (Phi) is 14.1. The Labute approximate surface area is 258 Å². The van der Waals surface area contributed by atoms with E-state index in [1.165, 1.54) is 72.0 Å². The second kappa shape index (κ2) is 17.0. The second-order valence-electron chi connectivity index (χ2n) is 13.4. The van der Waals surface area contributed by atoms with Crippen molar-refractivity contribution in [1.82, 2.24) is 0 Å². The molecule has 0 bridgehead atoms. The fourth-order valence-electron chi connectivity index (χ4n) is 5.75. The van der Waals surface area contributed by atoms with E-state index in [1.807, 2.05) is 12.2 Å². The van der Waals surface area contributed by atoms with E-state index in [1.54, 1.807) is 12.4 Å². The Morgan fingerprint density at radius 1 is 0.548 bits per heavy atom. The first-order valence-corrected chi connectivity index (χ1v) is 15.7. The van der Waals surface area contributed by atoms with E-state index in [2.05, 4.69) is 140 Å². The fourth-order valence-corrected chi connectivity index (χ4v) is 5.75. The molecular formula is C40H56N2. The summed E-state index contributed by atoms with van der Waals surface area (Å²) in [5, 5.41) is 8.26. The molecule has 0 atom stereocenters. The lowest BCUT2D eigenvalue weighted by atomic mass is 9.72. The Bertz CT molecular complexity index is 1200. The highest BCUT2D eigenvalue weighted by Gasteiger charge is 2.27. The Balaban J connectivity index is 1.84. The van der Waals surface area contributed by atoms with Crippen molar-refractivity contribution in [3.05, 3.63) is 117 Å². The molecule has 0 radical (unpaired) electrons. The SMILES string of the molecule is CC1=C(\C=C/C(C)=C/C=C\C(C)=C\C=N\N=C\C=C(C)/C=C\C=C(C)/C=C/C2=C(C)CCCC2(C)C)C(C)(C)CCC1. The van der Waals surface area contributed by atoms with Crippen LogP contribution in [0.3, 0.4) is 0 Å². The van der Waals surface area contributed by atoms with Crippen LogP contribution in [0.25, 0.3) is 0 Å². The molecule has 0 saturated carbocycles. The van der Waals surface area contributed by atoms with Gasteiger partial charge in [0.15, 0.2) is 0 Å². The van der Waals surface area contributed by atoms with Gasteiger partial charge in [-0.2, -0.15) is 10.2 Å². The standard InChI is InChI=1S/C40H56N2/c1-31(21-23-37-35(5)19-13-27-39(37,7)8)15-11-17-33(3)25-29-41-42-30-26-34(4)18-12-16-32(2)22-24-38-36(6)20-14-28-40(38,9)10/h11-12,15-18,21-26,29-30H,13-14,19-20,27-28H2,1-10H3/b17-11-,18-12-,23-21-,24-22+,31-15+,32-16-,33-25+,34-26-,41-29+,42-30+. The molecule has 2 nitrogen and oxygen atoms in total. The summed E-state index contributed by atoms with van der Waals surface area (Å²) < 4.78 is 0. The number of rotatable bonds is 11. The number of hydrogen-bond acceptors (Lipinski definition) is 2. The molecule has 0 amide bonds. The fraction of sp³-hybridized carbons (Fsp3) is 0.450. The van der Waals surface area contributed by atoms with Gasteiger partial charge in [-0.05, 0) is 125 Å². The van der Waals surface area contributed by atoms with Crippen molar-refractivity contribution in [1.29, 1.82) is 0 Å². The summed E-state index contributed by atoms with van der Waals surface area (Å²) in [6, 6.07) is 0. The lowest BCUT2D eigenvalue weighted by molar-refractivity contribution is 0.376. The predicted octanol–water partition coefficient (Wildman–Crippen LogP) is 12.1. The van der Waals surface area contributed by atoms with Crippen LogP contribution >= 0.6 is 0 Å². The van der Waals surface area contributed by atoms with Gasteiger partial charge in [0.1, 0.15) is 0 Å². The molecule has 0 aromatic carbocycles. The maximum absolute atomic E-state index is 4.13. The Morgan fingerprint density at radius 2 is 0.905 bits per heavy atom. The first kappa shape index (κ1) is 34.9. The van der Waals surface area contributed by atoms with Crippen LogP contribution in [0, 0.1) is 10.8 Å². The maximum Gasteiger partial charge on any atom is 0.0498 e. The molecule has 0 aromatic heterocycles. The lowest BCUT2D eigenvalue weighted by Crippen LogP contribution is -2.19. The Morgan fingerprint density at radius 3 is 1.26 bits per heavy atom. The smallest absolute Gasteiger partial charge is 0.0498 e. The van der Waals surface area contributed by atoms with Gasteiger partial charge in [0.2, 0.25) is 0 Å². The van der Waals surface area contributed by atoms with Crippen molar-refractivity contribution < 1.29 is 0 Å². The summed E-state index contributed by atoms with van der Waals surface area (Å²) in [5.74, 6) is 0. The molecule has 0 fully saturated rings. The van der Waals surface area contributed by atoms with Gasteiger partial charge >= 0.3 is 0 Å². The summed E-state index contributed by atoms with van der Waals surface area (Å²) in [4.78, 5) is 0. The third kappa shape index (κ3) is 12.3. The molecule has 2 rings (SSSR count). The van der Waals surface area contributed by atoms with Gasteiger partial charge in [-0.25, -0.2) is 0 Å². The van der Waals surface area contributed by atoms with Gasteiger partial charge in [0, 0.05) is 12.4 Å². The maximum atomic E-state index is 4.13. The van der Waals surface area contributed by atoms with E-state index < -0.39 is 0 Å². The molecule has 0 aromatic rings. The van der Waals surface area contributed by atoms with Crippen LogP contribution in [0.15, 0.2) is 128 Å². The van der Waals surface area contributed by atoms with Crippen LogP contribution in [-0.2, 0) is 0 Å². The zero-order valence-electron chi connectivity index (χ0n) is 28.2. The first-order chi connectivity index (χ1) is 19.8. The van der Waals surface area contributed by atoms with Crippen molar-refractivity contribution in [3.8, 4) is 0 Å². The molecule has 0 spiro atoms. The third-order valence-electron chi connectivity index (χ3n) is 8.42. The van der Waals surface area contributed by atoms with Crippen LogP contribution in [0.5, 0.6) is 0 Å². The molecule has 2 heteroatoms. The molecule has 2 aliphatic rings. The van der Waals surface area contributed by atoms with Gasteiger partial charge in [0.05, 0.1) is 0 Å². The van der Waals surface area contributed by atoms with E-state index in [-0.39, 0.29) is 10.8 Å². The average Bonchev–Trinajstić information content (AvgIpc) is 2.89. The van der Waals surface area contributed by atoms with Gasteiger partial charge < -0.3 is 0 Å². The predicted molar refractivity (Wildman–Crippen MR) is 189 cm³/mol. The van der Waals surface area contributed by atoms with Crippen molar-refractivity contribution in [2.75, 3.05) is 0 Å². The average molecular weight is 565 g/mol. The molecule has 0 heterocycles. The lowest BCUT2D eigenvalue weighted by Gasteiger charge is -2.33. The summed E-state index contributed by atoms with van der Waals surface area (Å²) >= 11 is 0. The number of nitrogens with zero attached hydrogens (tertiary/aromatic N) is 2. The van der Waals surface area contributed by atoms with E-state index in [4.69, 9.17) is 0 Å². The minimum Gasteiger partial charge on any atom is -0.159 e. The summed E-state index contributed by atoms with van der Waals surface area (Å²) in [7, 11) is 0. The van der Waals surface area contributed by atoms with E-state index >= 15 is 0 Å². The second-order valence-corrected chi connectivity index (χ2v) is 13.4. The van der Waals surface area contributed by atoms with Crippen molar-refractivity contribution in [2.45, 2.75) is 108 Å². The van der Waals surface area contributed by atoms with Crippen LogP contribution in [0.4, 0.5) is 0 Å². The molecule has 0 saturated heterocycles. The highest BCUT2D eigenvalue weighted by Crippen LogP contribution is 2.41.